The van der Waals surface area contributed by atoms with Gasteiger partial charge in [0.2, 0.25) is 5.91 Å². The summed E-state index contributed by atoms with van der Waals surface area (Å²) in [5.74, 6) is -0.423. The molecule has 4 N–H and O–H groups in total. The predicted octanol–water partition coefficient (Wildman–Crippen LogP) is -0.660. The summed E-state index contributed by atoms with van der Waals surface area (Å²) in [6.07, 6.45) is 3.17. The van der Waals surface area contributed by atoms with E-state index in [4.69, 9.17) is 10.5 Å². The average Bonchev–Trinajstić information content (AvgIpc) is 2.08. The van der Waals surface area contributed by atoms with Gasteiger partial charge in [0.05, 0.1) is 12.1 Å². The molecule has 0 saturated heterocycles. The normalized spacial score (nSPS) is 17.9. The molecule has 1 rings (SSSR count). The van der Waals surface area contributed by atoms with E-state index in [1.54, 1.807) is 7.11 Å². The molecule has 0 aromatic rings. The van der Waals surface area contributed by atoms with Gasteiger partial charge in [-0.1, -0.05) is 0 Å². The number of methoxy groups -OCH3 is 1. The van der Waals surface area contributed by atoms with Crippen LogP contribution in [0.15, 0.2) is 0 Å². The van der Waals surface area contributed by atoms with E-state index < -0.39 is 11.9 Å². The minimum atomic E-state index is -0.827. The molecule has 0 aliphatic heterocycles. The van der Waals surface area contributed by atoms with Gasteiger partial charge in [-0.15, -0.1) is 0 Å². The first kappa shape index (κ1) is 11.9. The van der Waals surface area contributed by atoms with Crippen LogP contribution in [-0.2, 0) is 9.53 Å². The van der Waals surface area contributed by atoms with Crippen LogP contribution >= 0.6 is 0 Å². The number of urea groups is 1. The van der Waals surface area contributed by atoms with Gasteiger partial charge in [-0.25, -0.2) is 4.79 Å². The SMILES string of the molecule is COC1(CNCC(=O)NC(N)=O)CCC1. The van der Waals surface area contributed by atoms with E-state index in [1.165, 1.54) is 0 Å². The summed E-state index contributed by atoms with van der Waals surface area (Å²) in [4.78, 5) is 21.3. The maximum Gasteiger partial charge on any atom is 0.318 e. The summed E-state index contributed by atoms with van der Waals surface area (Å²) >= 11 is 0. The third kappa shape index (κ3) is 3.49. The Morgan fingerprint density at radius 2 is 2.13 bits per heavy atom. The Morgan fingerprint density at radius 3 is 2.53 bits per heavy atom. The number of nitrogens with one attached hydrogen (secondary N) is 2. The molecule has 0 unspecified atom stereocenters. The van der Waals surface area contributed by atoms with Gasteiger partial charge in [0, 0.05) is 13.7 Å². The van der Waals surface area contributed by atoms with Crippen molar-refractivity contribution in [3.8, 4) is 0 Å². The van der Waals surface area contributed by atoms with E-state index in [-0.39, 0.29) is 12.1 Å². The fourth-order valence-electron chi connectivity index (χ4n) is 1.61. The minimum absolute atomic E-state index is 0.0774. The standard InChI is InChI=1S/C9H17N3O3/c1-15-9(3-2-4-9)6-11-5-7(13)12-8(10)14/h11H,2-6H2,1H3,(H3,10,12,13,14). The molecule has 0 heterocycles. The molecule has 0 bridgehead atoms. The van der Waals surface area contributed by atoms with Gasteiger partial charge in [-0.3, -0.25) is 10.1 Å². The topological polar surface area (TPSA) is 93.4 Å². The van der Waals surface area contributed by atoms with Gasteiger partial charge >= 0.3 is 6.03 Å². The van der Waals surface area contributed by atoms with Gasteiger partial charge in [0.1, 0.15) is 0 Å². The van der Waals surface area contributed by atoms with Crippen LogP contribution in [0.1, 0.15) is 19.3 Å². The summed E-state index contributed by atoms with van der Waals surface area (Å²) in [5.41, 5.74) is 4.67. The molecule has 0 aromatic carbocycles. The molecular formula is C9H17N3O3. The molecule has 86 valence electrons. The average molecular weight is 215 g/mol. The number of carbonyl (C=O) groups excluding carboxylic acids is 2. The molecule has 1 aliphatic carbocycles. The predicted molar refractivity (Wildman–Crippen MR) is 54.2 cm³/mol. The summed E-state index contributed by atoms with van der Waals surface area (Å²) in [7, 11) is 1.67. The number of imide groups is 1. The van der Waals surface area contributed by atoms with Crippen LogP contribution in [0.5, 0.6) is 0 Å². The molecule has 6 heteroatoms. The number of amides is 3. The van der Waals surface area contributed by atoms with E-state index in [9.17, 15) is 9.59 Å². The first-order valence-electron chi connectivity index (χ1n) is 4.93. The highest BCUT2D eigenvalue weighted by Crippen LogP contribution is 2.34. The summed E-state index contributed by atoms with van der Waals surface area (Å²) < 4.78 is 5.35. The summed E-state index contributed by atoms with van der Waals surface area (Å²) in [6, 6.07) is -0.827. The van der Waals surface area contributed by atoms with Crippen molar-refractivity contribution in [1.82, 2.24) is 10.6 Å². The largest absolute Gasteiger partial charge is 0.377 e. The van der Waals surface area contributed by atoms with Crippen molar-refractivity contribution < 1.29 is 14.3 Å². The molecule has 1 saturated carbocycles. The summed E-state index contributed by atoms with van der Waals surface area (Å²) in [5, 5.41) is 4.92. The molecule has 0 spiro atoms. The van der Waals surface area contributed by atoms with Gasteiger partial charge < -0.3 is 15.8 Å². The number of ether oxygens (including phenoxy) is 1. The van der Waals surface area contributed by atoms with Crippen LogP contribution in [-0.4, -0.2) is 37.7 Å². The zero-order valence-corrected chi connectivity index (χ0v) is 8.84. The van der Waals surface area contributed by atoms with E-state index in [2.05, 4.69) is 5.32 Å². The number of carbonyl (C=O) groups is 2. The monoisotopic (exact) mass is 215 g/mol. The van der Waals surface area contributed by atoms with E-state index in [0.29, 0.717) is 6.54 Å². The molecule has 6 nitrogen and oxygen atoms in total. The highest BCUT2D eigenvalue weighted by Gasteiger charge is 2.36. The second kappa shape index (κ2) is 5.09. The van der Waals surface area contributed by atoms with Crippen LogP contribution < -0.4 is 16.4 Å². The Morgan fingerprint density at radius 1 is 1.47 bits per heavy atom. The van der Waals surface area contributed by atoms with Crippen LogP contribution in [0.25, 0.3) is 0 Å². The first-order chi connectivity index (χ1) is 7.08. The number of primary amides is 1. The maximum absolute atomic E-state index is 11.0. The van der Waals surface area contributed by atoms with Crippen molar-refractivity contribution in [3.05, 3.63) is 0 Å². The van der Waals surface area contributed by atoms with E-state index >= 15 is 0 Å². The number of hydrogen-bond donors (Lipinski definition) is 3. The Labute approximate surface area is 88.5 Å². The van der Waals surface area contributed by atoms with Crippen molar-refractivity contribution >= 4 is 11.9 Å². The van der Waals surface area contributed by atoms with Gasteiger partial charge in [-0.2, -0.15) is 0 Å². The molecular weight excluding hydrogens is 198 g/mol. The zero-order valence-electron chi connectivity index (χ0n) is 8.84. The zero-order chi connectivity index (χ0) is 11.3. The molecule has 1 fully saturated rings. The molecule has 15 heavy (non-hydrogen) atoms. The quantitative estimate of drug-likeness (QED) is 0.567. The Balaban J connectivity index is 2.15. The second-order valence-electron chi connectivity index (χ2n) is 3.76. The number of hydrogen-bond acceptors (Lipinski definition) is 4. The second-order valence-corrected chi connectivity index (χ2v) is 3.76. The first-order valence-corrected chi connectivity index (χ1v) is 4.93. The van der Waals surface area contributed by atoms with Crippen molar-refractivity contribution in [3.63, 3.8) is 0 Å². The Kier molecular flexibility index (Phi) is 4.05. The van der Waals surface area contributed by atoms with Crippen LogP contribution in [0, 0.1) is 0 Å². The van der Waals surface area contributed by atoms with E-state index in [0.717, 1.165) is 19.3 Å². The van der Waals surface area contributed by atoms with Crippen LogP contribution in [0.4, 0.5) is 4.79 Å². The van der Waals surface area contributed by atoms with Crippen molar-refractivity contribution in [2.24, 2.45) is 5.73 Å². The van der Waals surface area contributed by atoms with Crippen LogP contribution in [0.3, 0.4) is 0 Å². The van der Waals surface area contributed by atoms with Crippen molar-refractivity contribution in [2.45, 2.75) is 24.9 Å². The third-order valence-corrected chi connectivity index (χ3v) is 2.69. The smallest absolute Gasteiger partial charge is 0.318 e. The highest BCUT2D eigenvalue weighted by atomic mass is 16.5. The lowest BCUT2D eigenvalue weighted by Gasteiger charge is -2.40. The van der Waals surface area contributed by atoms with Crippen LogP contribution in [0.2, 0.25) is 0 Å². The molecule has 1 aliphatic rings. The minimum Gasteiger partial charge on any atom is -0.377 e. The maximum atomic E-state index is 11.0. The lowest BCUT2D eigenvalue weighted by molar-refractivity contribution is -0.119. The molecule has 0 atom stereocenters. The molecule has 0 aromatic heterocycles. The van der Waals surface area contributed by atoms with Gasteiger partial charge in [-0.05, 0) is 19.3 Å². The fraction of sp³-hybridized carbons (Fsp3) is 0.778. The highest BCUT2D eigenvalue weighted by molar-refractivity contribution is 5.94. The molecule has 0 radical (unpaired) electrons. The number of rotatable bonds is 5. The molecule has 3 amide bonds. The van der Waals surface area contributed by atoms with E-state index in [1.807, 2.05) is 5.32 Å². The van der Waals surface area contributed by atoms with Gasteiger partial charge in [0.15, 0.2) is 0 Å². The van der Waals surface area contributed by atoms with Crippen molar-refractivity contribution in [1.29, 1.82) is 0 Å². The van der Waals surface area contributed by atoms with Gasteiger partial charge in [0.25, 0.3) is 0 Å². The third-order valence-electron chi connectivity index (χ3n) is 2.69. The fourth-order valence-corrected chi connectivity index (χ4v) is 1.61. The van der Waals surface area contributed by atoms with Crippen molar-refractivity contribution in [2.75, 3.05) is 20.2 Å². The lowest BCUT2D eigenvalue weighted by atomic mass is 9.80. The summed E-state index contributed by atoms with van der Waals surface area (Å²) in [6.45, 7) is 0.698. The Bertz CT molecular complexity index is 245. The lowest BCUT2D eigenvalue weighted by Crippen LogP contribution is -2.50. The Hall–Kier alpha value is -1.14. The number of nitrogens with two attached hydrogens (primary N) is 1.